The molecule has 2 amide bonds. The van der Waals surface area contributed by atoms with Gasteiger partial charge < -0.3 is 15.5 Å². The van der Waals surface area contributed by atoms with Gasteiger partial charge in [-0.25, -0.2) is 0 Å². The van der Waals surface area contributed by atoms with Crippen molar-refractivity contribution in [1.29, 1.82) is 0 Å². The van der Waals surface area contributed by atoms with Crippen LogP contribution in [-0.2, 0) is 9.59 Å². The summed E-state index contributed by atoms with van der Waals surface area (Å²) in [5.74, 6) is 2.36. The van der Waals surface area contributed by atoms with Crippen LogP contribution in [0.4, 0.5) is 5.69 Å². The molecule has 4 fully saturated rings. The quantitative estimate of drug-likeness (QED) is 0.532. The third-order valence-corrected chi connectivity index (χ3v) is 8.16. The Labute approximate surface area is 193 Å². The van der Waals surface area contributed by atoms with E-state index in [-0.39, 0.29) is 23.1 Å². The Kier molecular flexibility index (Phi) is 7.11. The molecule has 4 aliphatic rings. The molecule has 2 N–H and O–H groups in total. The summed E-state index contributed by atoms with van der Waals surface area (Å²) in [6.07, 6.45) is 7.92. The molecule has 0 heterocycles. The molecule has 5 heteroatoms. The van der Waals surface area contributed by atoms with E-state index in [1.54, 1.807) is 0 Å². The zero-order chi connectivity index (χ0) is 22.7. The second-order valence-corrected chi connectivity index (χ2v) is 11.0. The Morgan fingerprint density at radius 1 is 1.03 bits per heavy atom. The van der Waals surface area contributed by atoms with Crippen molar-refractivity contribution in [2.24, 2.45) is 29.1 Å². The van der Waals surface area contributed by atoms with Gasteiger partial charge in [-0.05, 0) is 87.7 Å². The van der Waals surface area contributed by atoms with Crippen molar-refractivity contribution < 1.29 is 9.59 Å². The van der Waals surface area contributed by atoms with Crippen LogP contribution in [0.15, 0.2) is 30.3 Å². The smallest absolute Gasteiger partial charge is 0.242 e. The minimum atomic E-state index is -0.452. The predicted molar refractivity (Wildman–Crippen MR) is 129 cm³/mol. The Balaban J connectivity index is 1.28. The van der Waals surface area contributed by atoms with Crippen LogP contribution >= 0.6 is 0 Å². The van der Waals surface area contributed by atoms with Crippen LogP contribution in [0.25, 0.3) is 0 Å². The van der Waals surface area contributed by atoms with Crippen molar-refractivity contribution >= 4 is 17.5 Å². The van der Waals surface area contributed by atoms with Crippen molar-refractivity contribution in [3.05, 3.63) is 30.3 Å². The SMILES string of the molecule is CCN(CCCNC(=O)C(NC(=O)C12CC3CC(CC(C3)C1)C2)C(C)C)c1ccccc1. The summed E-state index contributed by atoms with van der Waals surface area (Å²) in [6.45, 7) is 8.66. The van der Waals surface area contributed by atoms with Gasteiger partial charge in [0.15, 0.2) is 0 Å². The van der Waals surface area contributed by atoms with E-state index in [0.717, 1.165) is 56.5 Å². The molecule has 1 atom stereocenters. The summed E-state index contributed by atoms with van der Waals surface area (Å²) in [5, 5.41) is 6.29. The Bertz CT molecular complexity index is 756. The zero-order valence-corrected chi connectivity index (χ0v) is 20.1. The van der Waals surface area contributed by atoms with E-state index in [4.69, 9.17) is 0 Å². The van der Waals surface area contributed by atoms with E-state index >= 15 is 0 Å². The Morgan fingerprint density at radius 3 is 2.16 bits per heavy atom. The molecule has 0 spiro atoms. The number of hydrogen-bond donors (Lipinski definition) is 2. The lowest BCUT2D eigenvalue weighted by molar-refractivity contribution is -0.149. The zero-order valence-electron chi connectivity index (χ0n) is 20.1. The predicted octanol–water partition coefficient (Wildman–Crippen LogP) is 4.38. The maximum Gasteiger partial charge on any atom is 0.242 e. The highest BCUT2D eigenvalue weighted by molar-refractivity contribution is 5.90. The summed E-state index contributed by atoms with van der Waals surface area (Å²) in [7, 11) is 0. The first kappa shape index (κ1) is 23.1. The van der Waals surface area contributed by atoms with Crippen molar-refractivity contribution in [3.8, 4) is 0 Å². The third-order valence-electron chi connectivity index (χ3n) is 8.16. The van der Waals surface area contributed by atoms with E-state index in [1.807, 2.05) is 19.9 Å². The fourth-order valence-corrected chi connectivity index (χ4v) is 6.92. The average Bonchev–Trinajstić information content (AvgIpc) is 2.76. The van der Waals surface area contributed by atoms with Crippen LogP contribution in [0.2, 0.25) is 0 Å². The van der Waals surface area contributed by atoms with Crippen molar-refractivity contribution in [2.75, 3.05) is 24.5 Å². The molecular formula is C27H41N3O2. The summed E-state index contributed by atoms with van der Waals surface area (Å²) < 4.78 is 0. The van der Waals surface area contributed by atoms with Gasteiger partial charge >= 0.3 is 0 Å². The Morgan fingerprint density at radius 2 is 1.62 bits per heavy atom. The fourth-order valence-electron chi connectivity index (χ4n) is 6.92. The van der Waals surface area contributed by atoms with Gasteiger partial charge in [0, 0.05) is 30.7 Å². The highest BCUT2D eigenvalue weighted by atomic mass is 16.2. The third kappa shape index (κ3) is 4.97. The van der Waals surface area contributed by atoms with E-state index in [0.29, 0.717) is 6.54 Å². The molecule has 0 radical (unpaired) electrons. The number of para-hydroxylation sites is 1. The van der Waals surface area contributed by atoms with Crippen LogP contribution in [0, 0.1) is 29.1 Å². The van der Waals surface area contributed by atoms with Crippen LogP contribution < -0.4 is 15.5 Å². The van der Waals surface area contributed by atoms with Gasteiger partial charge in [0.05, 0.1) is 0 Å². The summed E-state index contributed by atoms with van der Waals surface area (Å²) in [4.78, 5) is 28.7. The van der Waals surface area contributed by atoms with E-state index in [2.05, 4.69) is 46.7 Å². The molecule has 0 aromatic heterocycles. The molecule has 176 valence electrons. The first-order valence-electron chi connectivity index (χ1n) is 12.8. The fraction of sp³-hybridized carbons (Fsp3) is 0.704. The number of rotatable bonds is 10. The topological polar surface area (TPSA) is 61.4 Å². The maximum atomic E-state index is 13.4. The number of nitrogens with zero attached hydrogens (tertiary/aromatic N) is 1. The van der Waals surface area contributed by atoms with Gasteiger partial charge in [-0.2, -0.15) is 0 Å². The van der Waals surface area contributed by atoms with Gasteiger partial charge in [0.25, 0.3) is 0 Å². The standard InChI is InChI=1S/C27H41N3O2/c1-4-30(23-9-6-5-7-10-23)12-8-11-28-25(31)24(19(2)3)29-26(32)27-16-20-13-21(17-27)15-22(14-20)18-27/h5-7,9-10,19-22,24H,4,8,11-18H2,1-3H3,(H,28,31)(H,29,32). The molecule has 5 rings (SSSR count). The minimum absolute atomic E-state index is 0.0409. The van der Waals surface area contributed by atoms with Crippen molar-refractivity contribution in [1.82, 2.24) is 10.6 Å². The Hall–Kier alpha value is -2.04. The van der Waals surface area contributed by atoms with Crippen molar-refractivity contribution in [3.63, 3.8) is 0 Å². The molecule has 1 unspecified atom stereocenters. The van der Waals surface area contributed by atoms with Crippen LogP contribution in [0.1, 0.15) is 65.7 Å². The van der Waals surface area contributed by atoms with Gasteiger partial charge in [-0.3, -0.25) is 9.59 Å². The number of anilines is 1. The minimum Gasteiger partial charge on any atom is -0.372 e. The number of benzene rings is 1. The normalized spacial score (nSPS) is 29.1. The monoisotopic (exact) mass is 439 g/mol. The van der Waals surface area contributed by atoms with Crippen LogP contribution in [-0.4, -0.2) is 37.5 Å². The lowest BCUT2D eigenvalue weighted by Gasteiger charge is -2.55. The second kappa shape index (κ2) is 9.84. The maximum absolute atomic E-state index is 13.4. The van der Waals surface area contributed by atoms with Gasteiger partial charge in [-0.1, -0.05) is 32.0 Å². The molecule has 4 saturated carbocycles. The summed E-state index contributed by atoms with van der Waals surface area (Å²) in [6, 6.07) is 9.93. The van der Waals surface area contributed by atoms with E-state index in [1.165, 1.54) is 24.9 Å². The van der Waals surface area contributed by atoms with Crippen molar-refractivity contribution in [2.45, 2.75) is 71.8 Å². The molecule has 4 aliphatic carbocycles. The van der Waals surface area contributed by atoms with Gasteiger partial charge in [-0.15, -0.1) is 0 Å². The van der Waals surface area contributed by atoms with E-state index in [9.17, 15) is 9.59 Å². The average molecular weight is 440 g/mol. The first-order chi connectivity index (χ1) is 15.4. The highest BCUT2D eigenvalue weighted by Crippen LogP contribution is 2.60. The molecule has 0 saturated heterocycles. The first-order valence-corrected chi connectivity index (χ1v) is 12.8. The highest BCUT2D eigenvalue weighted by Gasteiger charge is 2.55. The molecule has 1 aromatic carbocycles. The largest absolute Gasteiger partial charge is 0.372 e. The number of carbonyl (C=O) groups is 2. The molecule has 32 heavy (non-hydrogen) atoms. The molecule has 5 nitrogen and oxygen atoms in total. The van der Waals surface area contributed by atoms with Crippen LogP contribution in [0.5, 0.6) is 0 Å². The summed E-state index contributed by atoms with van der Waals surface area (Å²) in [5.41, 5.74) is 1.00. The number of amides is 2. The molecule has 4 bridgehead atoms. The molecular weight excluding hydrogens is 398 g/mol. The van der Waals surface area contributed by atoms with Crippen LogP contribution in [0.3, 0.4) is 0 Å². The number of hydrogen-bond acceptors (Lipinski definition) is 3. The van der Waals surface area contributed by atoms with Gasteiger partial charge in [0.2, 0.25) is 11.8 Å². The number of nitrogens with one attached hydrogen (secondary N) is 2. The number of carbonyl (C=O) groups excluding carboxylic acids is 2. The molecule has 1 aromatic rings. The van der Waals surface area contributed by atoms with E-state index < -0.39 is 6.04 Å². The summed E-state index contributed by atoms with van der Waals surface area (Å²) >= 11 is 0. The second-order valence-electron chi connectivity index (χ2n) is 11.0. The lowest BCUT2D eigenvalue weighted by Crippen LogP contribution is -2.58. The lowest BCUT2D eigenvalue weighted by atomic mass is 9.49. The van der Waals surface area contributed by atoms with Gasteiger partial charge in [0.1, 0.15) is 6.04 Å². The molecule has 0 aliphatic heterocycles.